The summed E-state index contributed by atoms with van der Waals surface area (Å²) in [5.74, 6) is -1.08. The van der Waals surface area contributed by atoms with Crippen LogP contribution in [0.3, 0.4) is 0 Å². The minimum atomic E-state index is -4.79. The third-order valence-electron chi connectivity index (χ3n) is 5.44. The van der Waals surface area contributed by atoms with Crippen LogP contribution in [0.2, 0.25) is 0 Å². The highest BCUT2D eigenvalue weighted by molar-refractivity contribution is 5.94. The van der Waals surface area contributed by atoms with E-state index in [4.69, 9.17) is 4.74 Å². The lowest BCUT2D eigenvalue weighted by atomic mass is 10.1. The molecule has 0 aliphatic carbocycles. The number of ether oxygens (including phenoxy) is 2. The van der Waals surface area contributed by atoms with Gasteiger partial charge in [0.2, 0.25) is 0 Å². The Morgan fingerprint density at radius 3 is 2.51 bits per heavy atom. The molecule has 1 aliphatic heterocycles. The summed E-state index contributed by atoms with van der Waals surface area (Å²) in [6.07, 6.45) is -3.60. The summed E-state index contributed by atoms with van der Waals surface area (Å²) < 4.78 is 62.4. The molecule has 2 heterocycles. The first-order valence-corrected chi connectivity index (χ1v) is 10.9. The van der Waals surface area contributed by atoms with Crippen LogP contribution in [0.1, 0.15) is 32.9 Å². The summed E-state index contributed by atoms with van der Waals surface area (Å²) in [5, 5.41) is 4.32. The Labute approximate surface area is 199 Å². The maximum atomic E-state index is 14.8. The Morgan fingerprint density at radius 1 is 1.11 bits per heavy atom. The normalized spacial score (nSPS) is 14.8. The van der Waals surface area contributed by atoms with Gasteiger partial charge < -0.3 is 14.4 Å². The van der Waals surface area contributed by atoms with E-state index in [0.29, 0.717) is 49.7 Å². The van der Waals surface area contributed by atoms with Crippen molar-refractivity contribution in [3.8, 4) is 5.75 Å². The number of rotatable bonds is 6. The summed E-state index contributed by atoms with van der Waals surface area (Å²) in [7, 11) is 0. The van der Waals surface area contributed by atoms with Crippen LogP contribution < -0.4 is 4.74 Å². The van der Waals surface area contributed by atoms with Gasteiger partial charge in [-0.15, -0.1) is 13.2 Å². The number of aromatic nitrogens is 2. The average Bonchev–Trinajstić information content (AvgIpc) is 3.20. The molecule has 6 nitrogen and oxygen atoms in total. The Morgan fingerprint density at radius 2 is 1.83 bits per heavy atom. The number of nitrogens with zero attached hydrogens (tertiary/aromatic N) is 3. The Bertz CT molecular complexity index is 1210. The number of hydrogen-bond acceptors (Lipinski definition) is 4. The molecule has 0 saturated carbocycles. The number of morpholine rings is 1. The maximum absolute atomic E-state index is 14.8. The lowest BCUT2D eigenvalue weighted by Gasteiger charge is -2.27. The maximum Gasteiger partial charge on any atom is 0.573 e. The van der Waals surface area contributed by atoms with E-state index in [1.54, 1.807) is 40.8 Å². The van der Waals surface area contributed by atoms with E-state index in [1.165, 1.54) is 18.2 Å². The SMILES string of the molecule is Cc1cc(C(F)=Cc2ccc(OC(F)(F)F)cc2)nn1Cc1cccc(C(=O)N2CCOCC2)c1. The Kier molecular flexibility index (Phi) is 7.20. The number of carbonyl (C=O) groups excluding carboxylic acids is 1. The zero-order chi connectivity index (χ0) is 25.0. The first-order chi connectivity index (χ1) is 16.7. The molecule has 0 unspecified atom stereocenters. The highest BCUT2D eigenvalue weighted by Crippen LogP contribution is 2.25. The minimum Gasteiger partial charge on any atom is -0.406 e. The molecule has 2 aromatic carbocycles. The van der Waals surface area contributed by atoms with Gasteiger partial charge in [0.05, 0.1) is 19.8 Å². The predicted molar refractivity (Wildman–Crippen MR) is 121 cm³/mol. The molecule has 3 aromatic rings. The minimum absolute atomic E-state index is 0.0614. The van der Waals surface area contributed by atoms with Crippen molar-refractivity contribution in [2.75, 3.05) is 26.3 Å². The van der Waals surface area contributed by atoms with Crippen molar-refractivity contribution in [3.63, 3.8) is 0 Å². The molecule has 1 amide bonds. The Balaban J connectivity index is 1.46. The summed E-state index contributed by atoms with van der Waals surface area (Å²) in [5.41, 5.74) is 2.57. The van der Waals surface area contributed by atoms with Gasteiger partial charge in [-0.1, -0.05) is 24.3 Å². The van der Waals surface area contributed by atoms with Crippen LogP contribution in [-0.2, 0) is 11.3 Å². The van der Waals surface area contributed by atoms with Crippen LogP contribution in [0.15, 0.2) is 54.6 Å². The molecule has 10 heteroatoms. The topological polar surface area (TPSA) is 56.6 Å². The summed E-state index contributed by atoms with van der Waals surface area (Å²) in [4.78, 5) is 14.5. The van der Waals surface area contributed by atoms with E-state index in [9.17, 15) is 22.4 Å². The number of halogens is 4. The average molecular weight is 489 g/mol. The van der Waals surface area contributed by atoms with Gasteiger partial charge in [0.1, 0.15) is 11.4 Å². The van der Waals surface area contributed by atoms with E-state index in [-0.39, 0.29) is 17.4 Å². The third kappa shape index (κ3) is 6.48. The molecule has 1 saturated heterocycles. The zero-order valence-corrected chi connectivity index (χ0v) is 18.9. The molecular formula is C25H23F4N3O3. The highest BCUT2D eigenvalue weighted by atomic mass is 19.4. The molecule has 0 bridgehead atoms. The standard InChI is InChI=1S/C25H23F4N3O3/c1-17-13-23(22(26)15-18-5-7-21(8-6-18)35-25(27,28)29)30-32(17)16-19-3-2-4-20(14-19)24(33)31-9-11-34-12-10-31/h2-8,13-15H,9-12,16H2,1H3. The molecule has 184 valence electrons. The fourth-order valence-electron chi connectivity index (χ4n) is 3.70. The largest absolute Gasteiger partial charge is 0.573 e. The number of aryl methyl sites for hydroxylation is 1. The summed E-state index contributed by atoms with van der Waals surface area (Å²) >= 11 is 0. The van der Waals surface area contributed by atoms with E-state index < -0.39 is 12.2 Å². The van der Waals surface area contributed by atoms with E-state index >= 15 is 0 Å². The molecule has 0 radical (unpaired) electrons. The number of alkyl halides is 3. The predicted octanol–water partition coefficient (Wildman–Crippen LogP) is 5.08. The molecule has 0 spiro atoms. The van der Waals surface area contributed by atoms with Gasteiger partial charge in [0.25, 0.3) is 5.91 Å². The monoisotopic (exact) mass is 489 g/mol. The van der Waals surface area contributed by atoms with Gasteiger partial charge in [0, 0.05) is 24.3 Å². The van der Waals surface area contributed by atoms with E-state index in [0.717, 1.165) is 17.7 Å². The van der Waals surface area contributed by atoms with Crippen LogP contribution in [0.5, 0.6) is 5.75 Å². The molecular weight excluding hydrogens is 466 g/mol. The molecule has 0 atom stereocenters. The fraction of sp³-hybridized carbons (Fsp3) is 0.280. The fourth-order valence-corrected chi connectivity index (χ4v) is 3.70. The quantitative estimate of drug-likeness (QED) is 0.454. The van der Waals surface area contributed by atoms with Crippen molar-refractivity contribution >= 4 is 17.8 Å². The summed E-state index contributed by atoms with van der Waals surface area (Å²) in [6, 6.07) is 13.7. The summed E-state index contributed by atoms with van der Waals surface area (Å²) in [6.45, 7) is 4.27. The lowest BCUT2D eigenvalue weighted by molar-refractivity contribution is -0.274. The molecule has 1 aromatic heterocycles. The lowest BCUT2D eigenvalue weighted by Crippen LogP contribution is -2.40. The number of benzene rings is 2. The van der Waals surface area contributed by atoms with Crippen molar-refractivity contribution in [3.05, 3.63) is 82.7 Å². The Hall–Kier alpha value is -3.66. The van der Waals surface area contributed by atoms with E-state index in [2.05, 4.69) is 9.84 Å². The second kappa shape index (κ2) is 10.3. The molecule has 4 rings (SSSR count). The third-order valence-corrected chi connectivity index (χ3v) is 5.44. The van der Waals surface area contributed by atoms with Crippen molar-refractivity contribution in [2.45, 2.75) is 19.8 Å². The van der Waals surface area contributed by atoms with Crippen LogP contribution in [0.25, 0.3) is 11.9 Å². The number of carbonyl (C=O) groups is 1. The zero-order valence-electron chi connectivity index (χ0n) is 18.9. The second-order valence-electron chi connectivity index (χ2n) is 8.04. The van der Waals surface area contributed by atoms with Crippen molar-refractivity contribution in [2.24, 2.45) is 0 Å². The van der Waals surface area contributed by atoms with Gasteiger partial charge in [0.15, 0.2) is 5.83 Å². The molecule has 0 N–H and O–H groups in total. The van der Waals surface area contributed by atoms with Crippen LogP contribution in [-0.4, -0.2) is 53.3 Å². The van der Waals surface area contributed by atoms with Gasteiger partial charge in [-0.3, -0.25) is 9.48 Å². The smallest absolute Gasteiger partial charge is 0.406 e. The number of hydrogen-bond donors (Lipinski definition) is 0. The van der Waals surface area contributed by atoms with Gasteiger partial charge >= 0.3 is 6.36 Å². The molecule has 1 aliphatic rings. The second-order valence-corrected chi connectivity index (χ2v) is 8.04. The number of amides is 1. The van der Waals surface area contributed by atoms with Crippen LogP contribution >= 0.6 is 0 Å². The molecule has 1 fully saturated rings. The molecule has 35 heavy (non-hydrogen) atoms. The van der Waals surface area contributed by atoms with Gasteiger partial charge in [-0.2, -0.15) is 5.10 Å². The van der Waals surface area contributed by atoms with Crippen LogP contribution in [0, 0.1) is 6.92 Å². The van der Waals surface area contributed by atoms with Crippen molar-refractivity contribution in [1.29, 1.82) is 0 Å². The first-order valence-electron chi connectivity index (χ1n) is 10.9. The van der Waals surface area contributed by atoms with Gasteiger partial charge in [-0.05, 0) is 54.5 Å². The van der Waals surface area contributed by atoms with Crippen LogP contribution in [0.4, 0.5) is 17.6 Å². The van der Waals surface area contributed by atoms with Crippen molar-refractivity contribution < 1.29 is 31.8 Å². The first kappa shape index (κ1) is 24.5. The van der Waals surface area contributed by atoms with E-state index in [1.807, 2.05) is 6.07 Å². The highest BCUT2D eigenvalue weighted by Gasteiger charge is 2.31. The van der Waals surface area contributed by atoms with Crippen molar-refractivity contribution in [1.82, 2.24) is 14.7 Å². The van der Waals surface area contributed by atoms with Gasteiger partial charge in [-0.25, -0.2) is 4.39 Å².